The van der Waals surface area contributed by atoms with Gasteiger partial charge in [-0.15, -0.1) is 0 Å². The molecule has 0 heterocycles. The van der Waals surface area contributed by atoms with Crippen LogP contribution in [0.2, 0.25) is 0 Å². The minimum absolute atomic E-state index is 0.237. The Kier molecular flexibility index (Phi) is 4.19. The van der Waals surface area contributed by atoms with Crippen LogP contribution in [0.25, 0.3) is 0 Å². The highest BCUT2D eigenvalue weighted by atomic mass is 14.8. The average molecular weight is 187 g/mol. The number of aliphatic imine (C=N–C) groups is 1. The predicted octanol–water partition coefficient (Wildman–Crippen LogP) is 3.14. The topological polar surface area (TPSA) is 12.4 Å². The second kappa shape index (κ2) is 5.44. The Hall–Kier alpha value is -1.29. The minimum atomic E-state index is 0.237. The Morgan fingerprint density at radius 1 is 1.79 bits per heavy atom. The third kappa shape index (κ3) is 2.88. The van der Waals surface area contributed by atoms with E-state index in [9.17, 15) is 0 Å². The first kappa shape index (κ1) is 10.8. The van der Waals surface area contributed by atoms with Gasteiger partial charge in [-0.1, -0.05) is 31.4 Å². The van der Waals surface area contributed by atoms with Crippen molar-refractivity contribution in [2.45, 2.75) is 39.2 Å². The molecule has 1 atom stereocenters. The first-order valence-electron chi connectivity index (χ1n) is 5.13. The second-order valence-electron chi connectivity index (χ2n) is 3.40. The summed E-state index contributed by atoms with van der Waals surface area (Å²) in [6.07, 6.45) is 7.07. The van der Waals surface area contributed by atoms with Gasteiger partial charge in [-0.2, -0.15) is 0 Å². The Balaban J connectivity index is 2.79. The Morgan fingerprint density at radius 2 is 2.57 bits per heavy atom. The van der Waals surface area contributed by atoms with Gasteiger partial charge in [0.05, 0.1) is 6.04 Å². The van der Waals surface area contributed by atoms with Crippen molar-refractivity contribution in [2.75, 3.05) is 0 Å². The molecule has 14 heavy (non-hydrogen) atoms. The summed E-state index contributed by atoms with van der Waals surface area (Å²) >= 11 is 0. The summed E-state index contributed by atoms with van der Waals surface area (Å²) in [5, 5.41) is 0. The first-order chi connectivity index (χ1) is 6.77. The van der Waals surface area contributed by atoms with Crippen molar-refractivity contribution < 1.29 is 0 Å². The van der Waals surface area contributed by atoms with Crippen LogP contribution in [0.1, 0.15) is 33.1 Å². The zero-order chi connectivity index (χ0) is 10.4. The van der Waals surface area contributed by atoms with Crippen molar-refractivity contribution in [3.8, 4) is 11.8 Å². The van der Waals surface area contributed by atoms with Gasteiger partial charge in [0.15, 0.2) is 0 Å². The van der Waals surface area contributed by atoms with Crippen molar-refractivity contribution in [1.29, 1.82) is 0 Å². The fourth-order valence-electron chi connectivity index (χ4n) is 1.41. The third-order valence-electron chi connectivity index (χ3n) is 2.27. The molecular formula is C13H17N. The van der Waals surface area contributed by atoms with Gasteiger partial charge in [-0.25, -0.2) is 0 Å². The maximum absolute atomic E-state index is 4.56. The lowest BCUT2D eigenvalue weighted by Gasteiger charge is -2.12. The Bertz CT molecular complexity index is 323. The lowest BCUT2D eigenvalue weighted by atomic mass is 10.0. The third-order valence-corrected chi connectivity index (χ3v) is 2.27. The Labute approximate surface area is 86.6 Å². The molecule has 74 valence electrons. The van der Waals surface area contributed by atoms with Crippen molar-refractivity contribution in [3.63, 3.8) is 0 Å². The van der Waals surface area contributed by atoms with Gasteiger partial charge >= 0.3 is 0 Å². The van der Waals surface area contributed by atoms with Crippen LogP contribution < -0.4 is 0 Å². The van der Waals surface area contributed by atoms with Gasteiger partial charge in [0.2, 0.25) is 0 Å². The summed E-state index contributed by atoms with van der Waals surface area (Å²) in [7, 11) is 0. The molecule has 0 aromatic carbocycles. The number of hydrogen-bond donors (Lipinski definition) is 0. The van der Waals surface area contributed by atoms with Gasteiger partial charge in [0.25, 0.3) is 0 Å². The van der Waals surface area contributed by atoms with Crippen LogP contribution in [0.15, 0.2) is 29.3 Å². The molecule has 0 spiro atoms. The molecule has 1 heteroatoms. The molecule has 0 aromatic rings. The van der Waals surface area contributed by atoms with Gasteiger partial charge in [0.1, 0.15) is 0 Å². The molecule has 0 aliphatic heterocycles. The van der Waals surface area contributed by atoms with Crippen LogP contribution >= 0.6 is 0 Å². The van der Waals surface area contributed by atoms with Crippen LogP contribution in [-0.4, -0.2) is 11.8 Å². The standard InChI is InChI=1S/C13H17N/c1-4-11(3)14-13(5-2)12-9-7-6-8-10-12/h4,9,13H,1,5-7H2,2-3H3. The van der Waals surface area contributed by atoms with Crippen LogP contribution in [0.5, 0.6) is 0 Å². The molecule has 0 fully saturated rings. The lowest BCUT2D eigenvalue weighted by molar-refractivity contribution is 0.754. The highest BCUT2D eigenvalue weighted by molar-refractivity contribution is 5.92. The first-order valence-corrected chi connectivity index (χ1v) is 5.13. The van der Waals surface area contributed by atoms with Crippen molar-refractivity contribution in [2.24, 2.45) is 4.99 Å². The van der Waals surface area contributed by atoms with Crippen LogP contribution in [0.3, 0.4) is 0 Å². The van der Waals surface area contributed by atoms with E-state index < -0.39 is 0 Å². The highest BCUT2D eigenvalue weighted by Gasteiger charge is 2.09. The van der Waals surface area contributed by atoms with E-state index in [2.05, 4.69) is 36.4 Å². The normalized spacial score (nSPS) is 17.9. The molecule has 1 nitrogen and oxygen atoms in total. The molecule has 1 aliphatic rings. The van der Waals surface area contributed by atoms with E-state index >= 15 is 0 Å². The van der Waals surface area contributed by atoms with E-state index in [1.807, 2.05) is 6.92 Å². The van der Waals surface area contributed by atoms with E-state index in [1.54, 1.807) is 6.08 Å². The lowest BCUT2D eigenvalue weighted by Crippen LogP contribution is -2.09. The van der Waals surface area contributed by atoms with Gasteiger partial charge in [0, 0.05) is 17.7 Å². The molecule has 0 bridgehead atoms. The molecule has 1 rings (SSSR count). The van der Waals surface area contributed by atoms with Crippen LogP contribution in [-0.2, 0) is 0 Å². The number of allylic oxidation sites excluding steroid dienone is 2. The van der Waals surface area contributed by atoms with Crippen molar-refractivity contribution in [3.05, 3.63) is 24.3 Å². The van der Waals surface area contributed by atoms with Gasteiger partial charge in [-0.3, -0.25) is 4.99 Å². The maximum Gasteiger partial charge on any atom is 0.0824 e. The Morgan fingerprint density at radius 3 is 3.07 bits per heavy atom. The zero-order valence-electron chi connectivity index (χ0n) is 9.01. The van der Waals surface area contributed by atoms with E-state index in [4.69, 9.17) is 0 Å². The number of rotatable bonds is 4. The summed E-state index contributed by atoms with van der Waals surface area (Å²) in [6.45, 7) is 7.83. The summed E-state index contributed by atoms with van der Waals surface area (Å²) in [6, 6.07) is 0.237. The number of nitrogens with zero attached hydrogens (tertiary/aromatic N) is 1. The quantitative estimate of drug-likeness (QED) is 0.473. The molecule has 0 saturated heterocycles. The molecule has 1 unspecified atom stereocenters. The highest BCUT2D eigenvalue weighted by Crippen LogP contribution is 2.14. The summed E-state index contributed by atoms with van der Waals surface area (Å²) in [5.74, 6) is 6.30. The van der Waals surface area contributed by atoms with E-state index in [0.29, 0.717) is 0 Å². The largest absolute Gasteiger partial charge is 0.281 e. The SMILES string of the molecule is C=CC(C)=NC(CC)C1=CCCC#C1. The molecule has 0 saturated carbocycles. The predicted molar refractivity (Wildman–Crippen MR) is 62.5 cm³/mol. The minimum Gasteiger partial charge on any atom is -0.281 e. The van der Waals surface area contributed by atoms with Gasteiger partial charge in [-0.05, 0) is 25.8 Å². The smallest absolute Gasteiger partial charge is 0.0824 e. The van der Waals surface area contributed by atoms with Crippen LogP contribution in [0.4, 0.5) is 0 Å². The van der Waals surface area contributed by atoms with Gasteiger partial charge < -0.3 is 0 Å². The van der Waals surface area contributed by atoms with Crippen LogP contribution in [0, 0.1) is 11.8 Å². The molecule has 0 N–H and O–H groups in total. The second-order valence-corrected chi connectivity index (χ2v) is 3.40. The monoisotopic (exact) mass is 187 g/mol. The van der Waals surface area contributed by atoms with E-state index in [-0.39, 0.29) is 6.04 Å². The van der Waals surface area contributed by atoms with Crippen molar-refractivity contribution in [1.82, 2.24) is 0 Å². The fraction of sp³-hybridized carbons (Fsp3) is 0.462. The summed E-state index contributed by atoms with van der Waals surface area (Å²) in [4.78, 5) is 4.56. The fourth-order valence-corrected chi connectivity index (χ4v) is 1.41. The molecule has 0 amide bonds. The molecular weight excluding hydrogens is 170 g/mol. The summed E-state index contributed by atoms with van der Waals surface area (Å²) < 4.78 is 0. The maximum atomic E-state index is 4.56. The van der Waals surface area contributed by atoms with E-state index in [0.717, 1.165) is 25.0 Å². The number of hydrogen-bond acceptors (Lipinski definition) is 1. The zero-order valence-corrected chi connectivity index (χ0v) is 9.01. The summed E-state index contributed by atoms with van der Waals surface area (Å²) in [5.41, 5.74) is 2.17. The molecule has 0 aromatic heterocycles. The average Bonchev–Trinajstić information content (AvgIpc) is 2.26. The molecule has 1 aliphatic carbocycles. The van der Waals surface area contributed by atoms with E-state index in [1.165, 1.54) is 5.57 Å². The molecule has 0 radical (unpaired) electrons. The van der Waals surface area contributed by atoms with Crippen molar-refractivity contribution >= 4 is 5.71 Å².